The Balaban J connectivity index is 1.52. The van der Waals surface area contributed by atoms with Gasteiger partial charge in [0.05, 0.1) is 6.42 Å². The summed E-state index contributed by atoms with van der Waals surface area (Å²) in [5.74, 6) is -2.50. The van der Waals surface area contributed by atoms with E-state index in [9.17, 15) is 24.3 Å². The molecule has 1 saturated heterocycles. The average Bonchev–Trinajstić information content (AvgIpc) is 3.23. The van der Waals surface area contributed by atoms with E-state index in [4.69, 9.17) is 0 Å². The summed E-state index contributed by atoms with van der Waals surface area (Å²) < 4.78 is 0. The Morgan fingerprint density at radius 2 is 1.86 bits per heavy atom. The number of benzene rings is 1. The zero-order valence-electron chi connectivity index (χ0n) is 15.0. The van der Waals surface area contributed by atoms with Gasteiger partial charge in [0.25, 0.3) is 0 Å². The van der Waals surface area contributed by atoms with Crippen LogP contribution < -0.4 is 5.32 Å². The maximum absolute atomic E-state index is 12.8. The lowest BCUT2D eigenvalue weighted by Crippen LogP contribution is -2.74. The van der Waals surface area contributed by atoms with E-state index in [1.807, 2.05) is 17.5 Å². The molecule has 4 rings (SSSR count). The van der Waals surface area contributed by atoms with Crippen molar-refractivity contribution in [1.29, 1.82) is 0 Å². The minimum atomic E-state index is -1.37. The molecule has 0 aliphatic carbocycles. The zero-order chi connectivity index (χ0) is 20.5. The minimum Gasteiger partial charge on any atom is -0.479 e. The van der Waals surface area contributed by atoms with Crippen LogP contribution >= 0.6 is 23.1 Å². The van der Waals surface area contributed by atoms with Crippen molar-refractivity contribution < 1.29 is 24.3 Å². The zero-order valence-corrected chi connectivity index (χ0v) is 16.6. The fourth-order valence-electron chi connectivity index (χ4n) is 3.38. The fraction of sp³-hybridized carbons (Fsp3) is 0.200. The van der Waals surface area contributed by atoms with Gasteiger partial charge < -0.3 is 15.3 Å². The first-order valence-corrected chi connectivity index (χ1v) is 10.6. The third-order valence-electron chi connectivity index (χ3n) is 4.75. The van der Waals surface area contributed by atoms with Crippen LogP contribution in [0.2, 0.25) is 0 Å². The SMILES string of the molecule is O=C(Cc1cccs1)NC1C(=O)N2C(C(=O)O)C(C(=O)c3ccccc3)=CS[C@@H]12. The molecule has 0 bridgehead atoms. The molecule has 9 heteroatoms. The van der Waals surface area contributed by atoms with E-state index in [0.29, 0.717) is 5.56 Å². The van der Waals surface area contributed by atoms with Crippen LogP contribution in [-0.4, -0.2) is 51.0 Å². The molecule has 29 heavy (non-hydrogen) atoms. The highest BCUT2D eigenvalue weighted by Gasteiger charge is 2.56. The molecule has 0 spiro atoms. The summed E-state index contributed by atoms with van der Waals surface area (Å²) in [6.07, 6.45) is 0.161. The molecule has 2 aromatic rings. The summed E-state index contributed by atoms with van der Waals surface area (Å²) in [4.78, 5) is 51.6. The number of nitrogens with zero attached hydrogens (tertiary/aromatic N) is 1. The maximum atomic E-state index is 12.8. The number of Topliss-reactive ketones (excluding diaryl/α,β-unsaturated/α-hetero) is 1. The van der Waals surface area contributed by atoms with Gasteiger partial charge in [0.15, 0.2) is 11.8 Å². The van der Waals surface area contributed by atoms with Crippen LogP contribution in [0.1, 0.15) is 15.2 Å². The Labute approximate surface area is 174 Å². The number of aliphatic carboxylic acids is 1. The van der Waals surface area contributed by atoms with Crippen molar-refractivity contribution in [2.24, 2.45) is 0 Å². The quantitative estimate of drug-likeness (QED) is 0.538. The number of thiophene rings is 1. The van der Waals surface area contributed by atoms with Gasteiger partial charge in [-0.2, -0.15) is 0 Å². The predicted molar refractivity (Wildman–Crippen MR) is 108 cm³/mol. The molecule has 0 saturated carbocycles. The monoisotopic (exact) mass is 428 g/mol. The van der Waals surface area contributed by atoms with Crippen molar-refractivity contribution in [2.75, 3.05) is 0 Å². The molecule has 3 heterocycles. The normalized spacial score (nSPS) is 22.9. The van der Waals surface area contributed by atoms with Gasteiger partial charge >= 0.3 is 5.97 Å². The van der Waals surface area contributed by atoms with E-state index in [1.54, 1.807) is 30.3 Å². The van der Waals surface area contributed by atoms with E-state index < -0.39 is 35.1 Å². The molecule has 1 aromatic heterocycles. The first-order valence-electron chi connectivity index (χ1n) is 8.79. The molecule has 0 radical (unpaired) electrons. The number of carbonyl (C=O) groups excluding carboxylic acids is 3. The summed E-state index contributed by atoms with van der Waals surface area (Å²) in [6, 6.07) is 9.84. The Morgan fingerprint density at radius 1 is 1.10 bits per heavy atom. The molecule has 148 valence electrons. The predicted octanol–water partition coefficient (Wildman–Crippen LogP) is 1.91. The van der Waals surface area contributed by atoms with Gasteiger partial charge in [0.1, 0.15) is 11.4 Å². The van der Waals surface area contributed by atoms with E-state index in [0.717, 1.165) is 4.88 Å². The summed E-state index contributed by atoms with van der Waals surface area (Å²) in [5, 5.41) is 15.2. The highest BCUT2D eigenvalue weighted by Crippen LogP contribution is 2.40. The standard InChI is InChI=1S/C20H16N2O5S2/c23-14(9-12-7-4-8-28-12)21-15-18(25)22-16(20(26)27)13(10-29-19(15)22)17(24)11-5-2-1-3-6-11/h1-8,10,15-16,19H,9H2,(H,21,23)(H,26,27)/t15?,16?,19-/m0/s1. The number of carboxylic acids is 1. The molecule has 7 nitrogen and oxygen atoms in total. The van der Waals surface area contributed by atoms with Crippen molar-refractivity contribution in [3.8, 4) is 0 Å². The van der Waals surface area contributed by atoms with E-state index in [-0.39, 0.29) is 17.9 Å². The molecule has 2 amide bonds. The summed E-state index contributed by atoms with van der Waals surface area (Å²) >= 11 is 2.62. The third kappa shape index (κ3) is 3.58. The number of fused-ring (bicyclic) bond motifs is 1. The molecule has 1 fully saturated rings. The van der Waals surface area contributed by atoms with Gasteiger partial charge in [-0.3, -0.25) is 14.4 Å². The van der Waals surface area contributed by atoms with Crippen LogP contribution in [0.15, 0.2) is 58.8 Å². The topological polar surface area (TPSA) is 104 Å². The Kier molecular flexibility index (Phi) is 5.25. The van der Waals surface area contributed by atoms with Crippen LogP contribution in [0.25, 0.3) is 0 Å². The third-order valence-corrected chi connectivity index (χ3v) is 6.80. The van der Waals surface area contributed by atoms with Crippen molar-refractivity contribution >= 4 is 46.7 Å². The van der Waals surface area contributed by atoms with Crippen molar-refractivity contribution in [3.63, 3.8) is 0 Å². The first kappa shape index (κ1) is 19.4. The van der Waals surface area contributed by atoms with Crippen molar-refractivity contribution in [2.45, 2.75) is 23.9 Å². The summed E-state index contributed by atoms with van der Waals surface area (Å²) in [7, 11) is 0. The number of hydrogen-bond acceptors (Lipinski definition) is 6. The van der Waals surface area contributed by atoms with Gasteiger partial charge in [-0.1, -0.05) is 36.4 Å². The van der Waals surface area contributed by atoms with Crippen LogP contribution in [0.4, 0.5) is 0 Å². The lowest BCUT2D eigenvalue weighted by molar-refractivity contribution is -0.159. The largest absolute Gasteiger partial charge is 0.479 e. The minimum absolute atomic E-state index is 0.0432. The average molecular weight is 428 g/mol. The Hall–Kier alpha value is -2.91. The van der Waals surface area contributed by atoms with Crippen molar-refractivity contribution in [3.05, 3.63) is 69.3 Å². The molecule has 3 atom stereocenters. The highest BCUT2D eigenvalue weighted by atomic mass is 32.2. The number of ketones is 1. The molecule has 2 unspecified atom stereocenters. The maximum Gasteiger partial charge on any atom is 0.331 e. The second kappa shape index (κ2) is 7.84. The van der Waals surface area contributed by atoms with Crippen LogP contribution in [0, 0.1) is 0 Å². The number of nitrogens with one attached hydrogen (secondary N) is 1. The van der Waals surface area contributed by atoms with Crippen LogP contribution in [0.5, 0.6) is 0 Å². The molecule has 2 N–H and O–H groups in total. The van der Waals surface area contributed by atoms with Gasteiger partial charge in [-0.25, -0.2) is 4.79 Å². The Morgan fingerprint density at radius 3 is 2.52 bits per heavy atom. The van der Waals surface area contributed by atoms with Gasteiger partial charge in [-0.15, -0.1) is 23.1 Å². The number of rotatable bonds is 6. The molecular weight excluding hydrogens is 412 g/mol. The van der Waals surface area contributed by atoms with Crippen molar-refractivity contribution in [1.82, 2.24) is 10.2 Å². The molecule has 2 aliphatic rings. The van der Waals surface area contributed by atoms with E-state index in [2.05, 4.69) is 5.32 Å². The second-order valence-corrected chi connectivity index (χ2v) is 8.61. The molecule has 2 aliphatic heterocycles. The lowest BCUT2D eigenvalue weighted by atomic mass is 9.93. The second-order valence-electron chi connectivity index (χ2n) is 6.58. The number of thioether (sulfide) groups is 1. The summed E-state index contributed by atoms with van der Waals surface area (Å²) in [6.45, 7) is 0. The van der Waals surface area contributed by atoms with Gasteiger partial charge in [-0.05, 0) is 16.9 Å². The number of amides is 2. The molecule has 1 aromatic carbocycles. The van der Waals surface area contributed by atoms with Crippen LogP contribution in [0.3, 0.4) is 0 Å². The van der Waals surface area contributed by atoms with E-state index >= 15 is 0 Å². The first-order chi connectivity index (χ1) is 14.0. The highest BCUT2D eigenvalue weighted by molar-refractivity contribution is 8.03. The summed E-state index contributed by atoms with van der Waals surface area (Å²) in [5.41, 5.74) is 0.402. The Bertz CT molecular complexity index is 1000. The van der Waals surface area contributed by atoms with E-state index in [1.165, 1.54) is 33.4 Å². The number of hydrogen-bond donors (Lipinski definition) is 2. The fourth-order valence-corrected chi connectivity index (χ4v) is 5.30. The van der Waals surface area contributed by atoms with Crippen LogP contribution in [-0.2, 0) is 20.8 Å². The smallest absolute Gasteiger partial charge is 0.331 e. The van der Waals surface area contributed by atoms with Gasteiger partial charge in [0.2, 0.25) is 11.8 Å². The number of β-lactam (4-membered cyclic amide) rings is 1. The number of carboxylic acid groups (broad SMARTS) is 1. The number of carbonyl (C=O) groups is 4. The molecular formula is C20H16N2O5S2. The lowest BCUT2D eigenvalue weighted by Gasteiger charge is -2.51. The van der Waals surface area contributed by atoms with Gasteiger partial charge in [0, 0.05) is 16.0 Å².